The van der Waals surface area contributed by atoms with Crippen LogP contribution in [0.15, 0.2) is 60.0 Å². The van der Waals surface area contributed by atoms with E-state index in [0.29, 0.717) is 30.3 Å². The zero-order chi connectivity index (χ0) is 25.8. The molecule has 194 valence electrons. The van der Waals surface area contributed by atoms with Gasteiger partial charge in [0.2, 0.25) is 5.91 Å². The first-order chi connectivity index (χ1) is 18.0. The lowest BCUT2D eigenvalue weighted by Crippen LogP contribution is -2.49. The molecule has 1 saturated heterocycles. The number of nitrogens with zero attached hydrogens (tertiary/aromatic N) is 2. The lowest BCUT2D eigenvalue weighted by atomic mass is 10.00. The molecule has 5 rings (SSSR count). The molecule has 3 aromatic rings. The highest BCUT2D eigenvalue weighted by molar-refractivity contribution is 7.10. The number of fused-ring (bicyclic) bond motifs is 1. The maximum absolute atomic E-state index is 14.2. The second-order valence-electron chi connectivity index (χ2n) is 9.22. The van der Waals surface area contributed by atoms with Gasteiger partial charge in [0, 0.05) is 35.2 Å². The Bertz CT molecular complexity index is 1260. The molecule has 0 saturated carbocycles. The van der Waals surface area contributed by atoms with Crippen molar-refractivity contribution in [2.24, 2.45) is 0 Å². The van der Waals surface area contributed by atoms with Crippen LogP contribution < -0.4 is 4.74 Å². The number of carbonyl (C=O) groups is 2. The van der Waals surface area contributed by atoms with E-state index in [1.54, 1.807) is 63.6 Å². The molecule has 0 N–H and O–H groups in total. The lowest BCUT2D eigenvalue weighted by Gasteiger charge is -2.37. The van der Waals surface area contributed by atoms with Gasteiger partial charge in [-0.25, -0.2) is 4.39 Å². The topological polar surface area (TPSA) is 59.1 Å². The second kappa shape index (κ2) is 11.6. The van der Waals surface area contributed by atoms with E-state index < -0.39 is 5.82 Å². The molecule has 2 aliphatic heterocycles. The molecule has 1 aromatic heterocycles. The molecule has 3 heterocycles. The Morgan fingerprint density at radius 1 is 1.19 bits per heavy atom. The van der Waals surface area contributed by atoms with E-state index in [4.69, 9.17) is 21.1 Å². The fourth-order valence-corrected chi connectivity index (χ4v) is 6.04. The Hall–Kier alpha value is -2.94. The first kappa shape index (κ1) is 25.7. The van der Waals surface area contributed by atoms with Crippen LogP contribution in [0.25, 0.3) is 0 Å². The molecule has 2 atom stereocenters. The summed E-state index contributed by atoms with van der Waals surface area (Å²) in [7, 11) is 0. The molecule has 6 nitrogen and oxygen atoms in total. The van der Waals surface area contributed by atoms with E-state index >= 15 is 0 Å². The van der Waals surface area contributed by atoms with Gasteiger partial charge in [0.25, 0.3) is 5.91 Å². The lowest BCUT2D eigenvalue weighted by molar-refractivity contribution is -0.135. The van der Waals surface area contributed by atoms with Crippen molar-refractivity contribution in [3.05, 3.63) is 86.8 Å². The fraction of sp³-hybridized carbons (Fsp3) is 0.357. The number of benzene rings is 2. The quantitative estimate of drug-likeness (QED) is 0.384. The molecule has 1 fully saturated rings. The van der Waals surface area contributed by atoms with Crippen LogP contribution >= 0.6 is 22.9 Å². The number of ether oxygens (including phenoxy) is 2. The largest absolute Gasteiger partial charge is 0.488 e. The molecule has 2 aliphatic rings. The summed E-state index contributed by atoms with van der Waals surface area (Å²) >= 11 is 7.78. The summed E-state index contributed by atoms with van der Waals surface area (Å²) in [6.07, 6.45) is 2.39. The number of hydrogen-bond donors (Lipinski definition) is 0. The predicted octanol–water partition coefficient (Wildman–Crippen LogP) is 5.37. The van der Waals surface area contributed by atoms with E-state index in [2.05, 4.69) is 0 Å². The Labute approximate surface area is 224 Å². The van der Waals surface area contributed by atoms with Crippen LogP contribution in [0.1, 0.15) is 39.7 Å². The molecule has 0 spiro atoms. The number of thiophene rings is 1. The Morgan fingerprint density at radius 2 is 2.05 bits per heavy atom. The van der Waals surface area contributed by atoms with E-state index in [1.807, 2.05) is 11.4 Å². The maximum atomic E-state index is 14.2. The molecule has 9 heteroatoms. The number of para-hydroxylation sites is 1. The average molecular weight is 543 g/mol. The first-order valence-corrected chi connectivity index (χ1v) is 13.6. The summed E-state index contributed by atoms with van der Waals surface area (Å²) in [6.45, 7) is 1.49. The standard InChI is InChI=1S/C28H28ClFN2O4S/c29-20-6-3-5-19(15-20)28(34)31(16-21-7-4-13-35-21)17-27(33)32-12-10-26-22(11-14-37-26)24(32)18-36-25-9-2-1-8-23(25)30/h1-3,5-6,8-9,11,14-15,21,24H,4,7,10,12-13,16-18H2/t21-,24-/m1/s1. The minimum atomic E-state index is -0.448. The molecule has 0 aliphatic carbocycles. The molecule has 0 unspecified atom stereocenters. The highest BCUT2D eigenvalue weighted by Gasteiger charge is 2.34. The summed E-state index contributed by atoms with van der Waals surface area (Å²) in [5.41, 5.74) is 1.43. The zero-order valence-corrected chi connectivity index (χ0v) is 21.8. The van der Waals surface area contributed by atoms with E-state index in [9.17, 15) is 14.0 Å². The number of halogens is 2. The minimum Gasteiger partial charge on any atom is -0.488 e. The summed E-state index contributed by atoms with van der Waals surface area (Å²) in [5.74, 6) is -0.754. The van der Waals surface area contributed by atoms with Gasteiger partial charge < -0.3 is 19.3 Å². The van der Waals surface area contributed by atoms with Crippen LogP contribution in [0.2, 0.25) is 5.02 Å². The highest BCUT2D eigenvalue weighted by atomic mass is 35.5. The normalized spacial score (nSPS) is 18.9. The SMILES string of the molecule is O=C(c1cccc(Cl)c1)N(CC(=O)N1CCc2sccc2[C@H]1COc1ccccc1F)C[C@H]1CCCO1. The van der Waals surface area contributed by atoms with Gasteiger partial charge in [0.15, 0.2) is 11.6 Å². The van der Waals surface area contributed by atoms with Gasteiger partial charge in [0.1, 0.15) is 13.2 Å². The van der Waals surface area contributed by atoms with Crippen molar-refractivity contribution in [2.75, 3.05) is 32.8 Å². The smallest absolute Gasteiger partial charge is 0.254 e. The van der Waals surface area contributed by atoms with E-state index in [0.717, 1.165) is 24.8 Å². The number of hydrogen-bond acceptors (Lipinski definition) is 5. The Kier molecular flexibility index (Phi) is 8.08. The Balaban J connectivity index is 1.36. The summed E-state index contributed by atoms with van der Waals surface area (Å²) < 4.78 is 25.8. The first-order valence-electron chi connectivity index (χ1n) is 12.4. The summed E-state index contributed by atoms with van der Waals surface area (Å²) in [4.78, 5) is 31.7. The third kappa shape index (κ3) is 5.98. The molecule has 0 radical (unpaired) electrons. The summed E-state index contributed by atoms with van der Waals surface area (Å²) in [5, 5.41) is 2.46. The minimum absolute atomic E-state index is 0.0964. The predicted molar refractivity (Wildman–Crippen MR) is 141 cm³/mol. The monoisotopic (exact) mass is 542 g/mol. The van der Waals surface area contributed by atoms with Crippen molar-refractivity contribution >= 4 is 34.8 Å². The van der Waals surface area contributed by atoms with Crippen molar-refractivity contribution < 1.29 is 23.5 Å². The van der Waals surface area contributed by atoms with E-state index in [1.165, 1.54) is 10.9 Å². The number of carbonyl (C=O) groups excluding carboxylic acids is 2. The van der Waals surface area contributed by atoms with E-state index in [-0.39, 0.29) is 42.9 Å². The van der Waals surface area contributed by atoms with Crippen molar-refractivity contribution in [1.82, 2.24) is 9.80 Å². The molecular weight excluding hydrogens is 515 g/mol. The van der Waals surface area contributed by atoms with Crippen molar-refractivity contribution in [1.29, 1.82) is 0 Å². The van der Waals surface area contributed by atoms with Crippen LogP contribution in [0.4, 0.5) is 4.39 Å². The second-order valence-corrected chi connectivity index (χ2v) is 10.7. The van der Waals surface area contributed by atoms with Crippen LogP contribution in [-0.2, 0) is 16.0 Å². The van der Waals surface area contributed by atoms with Gasteiger partial charge in [-0.1, -0.05) is 29.8 Å². The Morgan fingerprint density at radius 3 is 2.84 bits per heavy atom. The third-order valence-electron chi connectivity index (χ3n) is 6.78. The molecule has 0 bridgehead atoms. The number of rotatable bonds is 8. The molecular formula is C28H28ClFN2O4S. The molecule has 2 amide bonds. The molecule has 37 heavy (non-hydrogen) atoms. The number of amides is 2. The fourth-order valence-electron chi connectivity index (χ4n) is 4.92. The van der Waals surface area contributed by atoms with Gasteiger partial charge in [0.05, 0.1) is 12.1 Å². The highest BCUT2D eigenvalue weighted by Crippen LogP contribution is 2.34. The van der Waals surface area contributed by atoms with Crippen LogP contribution in [0, 0.1) is 5.82 Å². The zero-order valence-electron chi connectivity index (χ0n) is 20.3. The third-order valence-corrected chi connectivity index (χ3v) is 8.01. The van der Waals surface area contributed by atoms with Crippen LogP contribution in [0.3, 0.4) is 0 Å². The van der Waals surface area contributed by atoms with Crippen molar-refractivity contribution in [3.8, 4) is 5.75 Å². The van der Waals surface area contributed by atoms with Crippen molar-refractivity contribution in [2.45, 2.75) is 31.4 Å². The van der Waals surface area contributed by atoms with Crippen LogP contribution in [0.5, 0.6) is 5.75 Å². The van der Waals surface area contributed by atoms with Gasteiger partial charge in [-0.05, 0) is 66.6 Å². The van der Waals surface area contributed by atoms with Gasteiger partial charge in [-0.15, -0.1) is 11.3 Å². The van der Waals surface area contributed by atoms with Crippen molar-refractivity contribution in [3.63, 3.8) is 0 Å². The van der Waals surface area contributed by atoms with Crippen LogP contribution in [-0.4, -0.2) is 60.6 Å². The van der Waals surface area contributed by atoms with Gasteiger partial charge >= 0.3 is 0 Å². The summed E-state index contributed by atoms with van der Waals surface area (Å²) in [6, 6.07) is 14.6. The van der Waals surface area contributed by atoms with Gasteiger partial charge in [-0.2, -0.15) is 0 Å². The molecule has 2 aromatic carbocycles. The maximum Gasteiger partial charge on any atom is 0.254 e. The van der Waals surface area contributed by atoms with Gasteiger partial charge in [-0.3, -0.25) is 9.59 Å². The average Bonchev–Trinajstić information content (AvgIpc) is 3.59.